The lowest BCUT2D eigenvalue weighted by atomic mass is 9.44. The van der Waals surface area contributed by atoms with Gasteiger partial charge >= 0.3 is 48.0 Å². The fourth-order valence-corrected chi connectivity index (χ4v) is 20.1. The molecule has 6 fully saturated rings. The van der Waals surface area contributed by atoms with E-state index < -0.39 is 225 Å². The summed E-state index contributed by atoms with van der Waals surface area (Å²) in [5, 5.41) is 56.0. The van der Waals surface area contributed by atoms with Crippen LogP contribution in [0, 0.1) is 33.5 Å². The Morgan fingerprint density at radius 2 is 0.777 bits per heavy atom. The maximum atomic E-state index is 15.5. The molecule has 4 aromatic rings. The maximum absolute atomic E-state index is 15.5. The number of carbonyl (C=O) groups excluding carboxylic acids is 10. The van der Waals surface area contributed by atoms with Crippen molar-refractivity contribution >= 4 is 59.6 Å². The number of ether oxygens (including phenoxy) is 14. The van der Waals surface area contributed by atoms with Crippen molar-refractivity contribution < 1.29 is 140 Å². The van der Waals surface area contributed by atoms with E-state index in [1.807, 2.05) is 0 Å². The second-order valence-electron chi connectivity index (χ2n) is 36.0. The van der Waals surface area contributed by atoms with Crippen molar-refractivity contribution in [3.05, 3.63) is 166 Å². The van der Waals surface area contributed by atoms with Crippen LogP contribution in [0.5, 0.6) is 0 Å². The molecule has 0 radical (unpaired) electrons. The maximum Gasteiger partial charge on any atom is 0.408 e. The number of aliphatic hydroxyl groups excluding tert-OH is 2. The third-order valence-electron chi connectivity index (χ3n) is 26.1. The molecule has 2 aliphatic heterocycles. The van der Waals surface area contributed by atoms with E-state index in [2.05, 4.69) is 10.6 Å². The molecule has 2 amide bonds. The van der Waals surface area contributed by atoms with Crippen molar-refractivity contribution in [3.8, 4) is 0 Å². The fourth-order valence-electron chi connectivity index (χ4n) is 20.1. The quantitative estimate of drug-likeness (QED) is 0.0275. The van der Waals surface area contributed by atoms with Gasteiger partial charge < -0.3 is 103 Å². The van der Waals surface area contributed by atoms with Gasteiger partial charge in [0.15, 0.2) is 35.0 Å². The van der Waals surface area contributed by atoms with E-state index in [1.165, 1.54) is 42.3 Å². The molecular weight excluding hydrogens is 1570 g/mol. The molecule has 660 valence electrons. The number of rotatable bonds is 20. The van der Waals surface area contributed by atoms with Crippen molar-refractivity contribution in [1.29, 1.82) is 0 Å². The van der Waals surface area contributed by atoms with Gasteiger partial charge in [-0.2, -0.15) is 0 Å². The fraction of sp³-hybridized carbons (Fsp3) is 0.578. The number of aliphatic hydroxyl groups is 4. The number of alkyl carbamates (subject to hydrolysis) is 2. The summed E-state index contributed by atoms with van der Waals surface area (Å²) in [5.74, 6) is -9.05. The number of benzene rings is 4. The Labute approximate surface area is 703 Å². The smallest absolute Gasteiger partial charge is 0.408 e. The van der Waals surface area contributed by atoms with Gasteiger partial charge in [0, 0.05) is 78.8 Å². The first kappa shape index (κ1) is 93.9. The molecule has 31 nitrogen and oxygen atoms in total. The van der Waals surface area contributed by atoms with E-state index in [0.717, 1.165) is 0 Å². The highest BCUT2D eigenvalue weighted by Crippen LogP contribution is 2.67. The molecule has 22 atom stereocenters. The molecule has 8 N–H and O–H groups in total. The van der Waals surface area contributed by atoms with Crippen LogP contribution in [0.4, 0.5) is 9.59 Å². The number of nitrogens with one attached hydrogen (secondary N) is 2. The molecular formula is C90H116N2O29. The van der Waals surface area contributed by atoms with Crippen LogP contribution in [0.15, 0.2) is 144 Å². The molecule has 4 saturated carbocycles. The number of Topliss-reactive ketones (excluding diaryl/α,β-unsaturated/α-hetero) is 2. The van der Waals surface area contributed by atoms with E-state index in [4.69, 9.17) is 66.3 Å². The molecule has 2 saturated heterocycles. The number of methoxy groups -OCH3 is 4. The molecule has 0 spiro atoms. The highest BCUT2D eigenvalue weighted by Gasteiger charge is 2.81. The SMILES string of the molecule is CO[C@@H]1C(=O)[C@@]2(C)[C@H](OC)C[C@@H]3OC[C@]3(OC(C)=O)[C@@H]2[C@@H](OC(=O)c2ccccc2)[C@@]2(O)C[C@@H](OC(=O)[C@@H](O)[C@H](NC(=O)OC(C)(C)C)c3ccccc3)C(C)=C1C2(C)C.CO[C@@H]1C(=O)[C@@]2(C)[C@H](OC)C[C@@H]3OC[C@]3(OC(C)=O)[C@@H]2[C@@H](OC(=O)c2ccccc2)[C@@]2(O)C[C@@H](OC(=O)[C@@H](O)[C@H](NC(=O)OC(C)(C)C)c3ccccc3)C(C)=C1C2(C)C.O. The Kier molecular flexibility index (Phi) is 27.2. The van der Waals surface area contributed by atoms with E-state index >= 15 is 9.59 Å². The number of hydrogen-bond acceptors (Lipinski definition) is 28. The highest BCUT2D eigenvalue weighted by atomic mass is 16.7. The van der Waals surface area contributed by atoms with Gasteiger partial charge in [-0.15, -0.1) is 0 Å². The summed E-state index contributed by atoms with van der Waals surface area (Å²) in [5.41, 5.74) is -13.4. The summed E-state index contributed by atoms with van der Waals surface area (Å²) in [6, 6.07) is 30.1. The Morgan fingerprint density at radius 1 is 0.471 bits per heavy atom. The van der Waals surface area contributed by atoms with Crippen LogP contribution < -0.4 is 10.6 Å². The van der Waals surface area contributed by atoms with Crippen LogP contribution in [0.25, 0.3) is 0 Å². The summed E-state index contributed by atoms with van der Waals surface area (Å²) in [6.45, 7) is 25.4. The summed E-state index contributed by atoms with van der Waals surface area (Å²) in [4.78, 5) is 140. The van der Waals surface area contributed by atoms with Crippen molar-refractivity contribution in [1.82, 2.24) is 10.6 Å². The minimum Gasteiger partial charge on any atom is -0.456 e. The van der Waals surface area contributed by atoms with Crippen LogP contribution in [0.1, 0.15) is 180 Å². The van der Waals surface area contributed by atoms with Gasteiger partial charge in [0.25, 0.3) is 0 Å². The van der Waals surface area contributed by atoms with Crippen LogP contribution >= 0.6 is 0 Å². The molecule has 0 aromatic heterocycles. The monoisotopic (exact) mass is 1690 g/mol. The Morgan fingerprint density at radius 3 is 1.04 bits per heavy atom. The van der Waals surface area contributed by atoms with Gasteiger partial charge in [0.05, 0.1) is 71.3 Å². The van der Waals surface area contributed by atoms with Gasteiger partial charge in [-0.1, -0.05) is 125 Å². The van der Waals surface area contributed by atoms with E-state index in [1.54, 1.807) is 218 Å². The van der Waals surface area contributed by atoms with Crippen molar-refractivity contribution in [2.24, 2.45) is 33.5 Å². The van der Waals surface area contributed by atoms with Crippen molar-refractivity contribution in [2.75, 3.05) is 41.7 Å². The molecule has 0 unspecified atom stereocenters. The van der Waals surface area contributed by atoms with Crippen LogP contribution in [-0.2, 0) is 95.1 Å². The van der Waals surface area contributed by atoms with Crippen molar-refractivity contribution in [2.45, 2.75) is 255 Å². The van der Waals surface area contributed by atoms with E-state index in [0.29, 0.717) is 22.3 Å². The summed E-state index contributed by atoms with van der Waals surface area (Å²) < 4.78 is 84.7. The lowest BCUT2D eigenvalue weighted by Gasteiger charge is -2.67. The Bertz CT molecular complexity index is 4310. The standard InChI is InChI=1S/2C45H57NO14.H2O/c2*1-24-28(57-39(51)33(48)32(26-17-13-11-14-18-26)46-40(52)60-41(3,4)5)22-45(53)37(58-38(50)27-19-15-12-16-20-27)35-43(8,36(49)34(55-10)31(24)42(45,6)7)29(54-9)21-30-44(35,23-56-30)59-25(2)47;/h2*11-20,28-30,32-35,37,48,53H,21-23H2,1-10H3,(H,46,52);1H2/t2*28-,29-,30+,32-,33+,34+,35-,37-,43+,44-,45+;/m11./s1. The second-order valence-corrected chi connectivity index (χ2v) is 36.0. The third-order valence-corrected chi connectivity index (χ3v) is 26.1. The molecule has 4 bridgehead atoms. The molecule has 6 aliphatic carbocycles. The molecule has 12 rings (SSSR count). The minimum atomic E-state index is -2.22. The summed E-state index contributed by atoms with van der Waals surface area (Å²) >= 11 is 0. The largest absolute Gasteiger partial charge is 0.456 e. The summed E-state index contributed by atoms with van der Waals surface area (Å²) in [6.07, 6.45) is -18.6. The molecule has 2 heterocycles. The van der Waals surface area contributed by atoms with Crippen LogP contribution in [-0.4, -0.2) is 234 Å². The van der Waals surface area contributed by atoms with Crippen LogP contribution in [0.2, 0.25) is 0 Å². The second kappa shape index (κ2) is 35.1. The highest BCUT2D eigenvalue weighted by molar-refractivity contribution is 5.96. The van der Waals surface area contributed by atoms with Gasteiger partial charge in [-0.3, -0.25) is 19.2 Å². The average molecular weight is 1690 g/mol. The first-order chi connectivity index (χ1) is 56.1. The topological polar surface area (TPSA) is 436 Å². The number of amides is 2. The Hall–Kier alpha value is -9.38. The predicted octanol–water partition coefficient (Wildman–Crippen LogP) is 8.31. The zero-order chi connectivity index (χ0) is 88.3. The predicted molar refractivity (Wildman–Crippen MR) is 430 cm³/mol. The lowest BCUT2D eigenvalue weighted by Crippen LogP contribution is -2.82. The van der Waals surface area contributed by atoms with Crippen molar-refractivity contribution in [3.63, 3.8) is 0 Å². The number of ketones is 2. The van der Waals surface area contributed by atoms with Gasteiger partial charge in [0.1, 0.15) is 71.2 Å². The molecule has 8 aliphatic rings. The Balaban J connectivity index is 0.000000252. The van der Waals surface area contributed by atoms with Gasteiger partial charge in [0.2, 0.25) is 0 Å². The zero-order valence-electron chi connectivity index (χ0n) is 72.1. The van der Waals surface area contributed by atoms with Gasteiger partial charge in [-0.05, 0) is 127 Å². The normalized spacial score (nSPS) is 32.7. The number of esters is 6. The molecule has 121 heavy (non-hydrogen) atoms. The summed E-state index contributed by atoms with van der Waals surface area (Å²) in [7, 11) is 5.57. The first-order valence-corrected chi connectivity index (χ1v) is 40.2. The van der Waals surface area contributed by atoms with E-state index in [9.17, 15) is 58.8 Å². The lowest BCUT2D eigenvalue weighted by molar-refractivity contribution is -0.347. The minimum absolute atomic E-state index is 0. The average Bonchev–Trinajstić information content (AvgIpc) is 0.671. The number of hydrogen-bond donors (Lipinski definition) is 6. The van der Waals surface area contributed by atoms with Gasteiger partial charge in [-0.25, -0.2) is 28.8 Å². The first-order valence-electron chi connectivity index (χ1n) is 40.2. The number of fused-ring (bicyclic) bond motifs is 10. The van der Waals surface area contributed by atoms with E-state index in [-0.39, 0.29) is 53.8 Å². The third kappa shape index (κ3) is 16.8. The zero-order valence-corrected chi connectivity index (χ0v) is 72.1. The van der Waals surface area contributed by atoms with Crippen LogP contribution in [0.3, 0.4) is 0 Å². The number of carbonyl (C=O) groups is 10. The molecule has 4 aromatic carbocycles. The molecule has 31 heteroatoms.